The van der Waals surface area contributed by atoms with Gasteiger partial charge in [0.2, 0.25) is 0 Å². The van der Waals surface area contributed by atoms with Gasteiger partial charge in [-0.05, 0) is 115 Å². The Kier molecular flexibility index (Phi) is 7.14. The third-order valence-electron chi connectivity index (χ3n) is 11.9. The van der Waals surface area contributed by atoms with Crippen molar-refractivity contribution in [3.05, 3.63) is 199 Å². The molecule has 260 valence electrons. The molecule has 0 N–H and O–H groups in total. The molecule has 11 rings (SSSR count). The topological polar surface area (TPSA) is 3.24 Å². The van der Waals surface area contributed by atoms with E-state index in [1.807, 2.05) is 11.3 Å². The van der Waals surface area contributed by atoms with E-state index in [9.17, 15) is 0 Å². The maximum atomic E-state index is 2.47. The largest absolute Gasteiger partial charge is 0.309 e. The summed E-state index contributed by atoms with van der Waals surface area (Å²) >= 11 is 1.88. The minimum Gasteiger partial charge on any atom is -0.309 e. The van der Waals surface area contributed by atoms with Gasteiger partial charge in [-0.15, -0.1) is 11.3 Å². The molecule has 0 unspecified atom stereocenters. The van der Waals surface area contributed by atoms with Crippen LogP contribution in [0.15, 0.2) is 188 Å². The summed E-state index contributed by atoms with van der Waals surface area (Å²) in [5, 5.41) is 7.64. The summed E-state index contributed by atoms with van der Waals surface area (Å²) in [5.41, 5.74) is 13.8. The quantitative estimate of drug-likeness (QED) is 0.171. The Balaban J connectivity index is 1.05. The van der Waals surface area contributed by atoms with Crippen molar-refractivity contribution in [2.45, 2.75) is 19.3 Å². The third kappa shape index (κ3) is 5.06. The molecule has 10 aromatic rings. The highest BCUT2D eigenvalue weighted by Crippen LogP contribution is 2.52. The van der Waals surface area contributed by atoms with Gasteiger partial charge in [0.25, 0.3) is 0 Å². The van der Waals surface area contributed by atoms with Crippen LogP contribution < -0.4 is 4.90 Å². The first-order chi connectivity index (χ1) is 27.0. The molecular weight excluding hydrogens is 683 g/mol. The number of fused-ring (bicyclic) bond motifs is 8. The molecule has 0 bridgehead atoms. The molecule has 0 atom stereocenters. The average Bonchev–Trinajstić information content (AvgIpc) is 3.73. The van der Waals surface area contributed by atoms with Crippen LogP contribution in [0.3, 0.4) is 0 Å². The summed E-state index contributed by atoms with van der Waals surface area (Å²) < 4.78 is 2.61. The fraction of sp³-hybridized carbons (Fsp3) is 0.0566. The van der Waals surface area contributed by atoms with Crippen molar-refractivity contribution in [3.8, 4) is 33.4 Å². The molecular formula is C53H37NS. The lowest BCUT2D eigenvalue weighted by Crippen LogP contribution is -2.16. The normalized spacial score (nSPS) is 13.1. The van der Waals surface area contributed by atoms with Crippen molar-refractivity contribution in [1.82, 2.24) is 0 Å². The summed E-state index contributed by atoms with van der Waals surface area (Å²) in [6.45, 7) is 4.73. The Morgan fingerprint density at radius 1 is 0.400 bits per heavy atom. The second-order valence-corrected chi connectivity index (χ2v) is 16.4. The Morgan fingerprint density at radius 3 is 1.96 bits per heavy atom. The van der Waals surface area contributed by atoms with E-state index in [1.54, 1.807) is 0 Å². The zero-order valence-electron chi connectivity index (χ0n) is 30.8. The third-order valence-corrected chi connectivity index (χ3v) is 13.1. The molecule has 0 saturated heterocycles. The van der Waals surface area contributed by atoms with Crippen LogP contribution in [0.25, 0.3) is 75.1 Å². The van der Waals surface area contributed by atoms with Crippen LogP contribution >= 0.6 is 11.3 Å². The molecule has 0 aliphatic heterocycles. The van der Waals surface area contributed by atoms with Gasteiger partial charge < -0.3 is 4.90 Å². The molecule has 9 aromatic carbocycles. The number of rotatable bonds is 5. The summed E-state index contributed by atoms with van der Waals surface area (Å²) in [4.78, 5) is 2.47. The van der Waals surface area contributed by atoms with Crippen LogP contribution in [0.5, 0.6) is 0 Å². The summed E-state index contributed by atoms with van der Waals surface area (Å²) in [5.74, 6) is 0. The van der Waals surface area contributed by atoms with Gasteiger partial charge in [0.05, 0.1) is 10.4 Å². The van der Waals surface area contributed by atoms with Crippen molar-refractivity contribution in [1.29, 1.82) is 0 Å². The highest BCUT2D eigenvalue weighted by molar-refractivity contribution is 7.26. The number of anilines is 3. The Hall–Kier alpha value is -6.48. The fourth-order valence-corrected chi connectivity index (χ4v) is 10.2. The standard InChI is InChI=1S/C53H37NS/c1-53(2)48-18-7-5-14-43(48)44-30-29-41(33-49(44)53)54(50-19-10-17-46-45-15-6-8-20-51(45)55-52(46)50)40-27-25-35(26-28-40)38-23-22-36-13-9-16-42(47(36)32-38)39-24-21-34-11-3-4-12-37(34)31-39/h3-33H,1-2H3. The molecule has 0 amide bonds. The molecule has 1 aromatic heterocycles. The zero-order chi connectivity index (χ0) is 36.7. The minimum atomic E-state index is -0.0944. The predicted molar refractivity (Wildman–Crippen MR) is 237 cm³/mol. The lowest BCUT2D eigenvalue weighted by atomic mass is 9.82. The number of hydrogen-bond donors (Lipinski definition) is 0. The first-order valence-electron chi connectivity index (χ1n) is 19.1. The van der Waals surface area contributed by atoms with Gasteiger partial charge >= 0.3 is 0 Å². The molecule has 1 aliphatic carbocycles. The van der Waals surface area contributed by atoms with Crippen LogP contribution in [0.4, 0.5) is 17.1 Å². The molecule has 55 heavy (non-hydrogen) atoms. The molecule has 0 fully saturated rings. The van der Waals surface area contributed by atoms with Gasteiger partial charge in [0.1, 0.15) is 0 Å². The van der Waals surface area contributed by atoms with Gasteiger partial charge in [-0.25, -0.2) is 0 Å². The van der Waals surface area contributed by atoms with Crippen molar-refractivity contribution in [2.75, 3.05) is 4.90 Å². The predicted octanol–water partition coefficient (Wildman–Crippen LogP) is 15.5. The highest BCUT2D eigenvalue weighted by Gasteiger charge is 2.36. The van der Waals surface area contributed by atoms with Crippen LogP contribution in [0.2, 0.25) is 0 Å². The van der Waals surface area contributed by atoms with Gasteiger partial charge in [-0.1, -0.05) is 153 Å². The molecule has 0 saturated carbocycles. The molecule has 0 spiro atoms. The van der Waals surface area contributed by atoms with Gasteiger partial charge in [-0.2, -0.15) is 0 Å². The molecule has 0 radical (unpaired) electrons. The zero-order valence-corrected chi connectivity index (χ0v) is 31.6. The second kappa shape index (κ2) is 12.3. The van der Waals surface area contributed by atoms with E-state index in [1.165, 1.54) is 97.6 Å². The number of nitrogens with zero attached hydrogens (tertiary/aromatic N) is 1. The maximum Gasteiger partial charge on any atom is 0.0640 e. The Morgan fingerprint density at radius 2 is 1.05 bits per heavy atom. The van der Waals surface area contributed by atoms with E-state index in [2.05, 4.69) is 207 Å². The number of hydrogen-bond acceptors (Lipinski definition) is 2. The monoisotopic (exact) mass is 719 g/mol. The van der Waals surface area contributed by atoms with E-state index >= 15 is 0 Å². The van der Waals surface area contributed by atoms with E-state index in [4.69, 9.17) is 0 Å². The van der Waals surface area contributed by atoms with Gasteiger partial charge in [0, 0.05) is 32.3 Å². The minimum absolute atomic E-state index is 0.0944. The number of thiophene rings is 1. The summed E-state index contributed by atoms with van der Waals surface area (Å²) in [7, 11) is 0. The van der Waals surface area contributed by atoms with Crippen molar-refractivity contribution >= 4 is 70.1 Å². The molecule has 1 nitrogen and oxygen atoms in total. The first-order valence-corrected chi connectivity index (χ1v) is 19.9. The maximum absolute atomic E-state index is 2.47. The lowest BCUT2D eigenvalue weighted by molar-refractivity contribution is 0.660. The molecule has 2 heteroatoms. The van der Waals surface area contributed by atoms with E-state index < -0.39 is 0 Å². The fourth-order valence-electron chi connectivity index (χ4n) is 9.03. The van der Waals surface area contributed by atoms with Crippen LogP contribution in [0, 0.1) is 0 Å². The number of benzene rings is 9. The van der Waals surface area contributed by atoms with E-state index in [-0.39, 0.29) is 5.41 Å². The van der Waals surface area contributed by atoms with Gasteiger partial charge in [0.15, 0.2) is 0 Å². The van der Waals surface area contributed by atoms with Crippen LogP contribution in [-0.4, -0.2) is 0 Å². The molecule has 1 aliphatic rings. The first kappa shape index (κ1) is 32.0. The highest BCUT2D eigenvalue weighted by atomic mass is 32.1. The van der Waals surface area contributed by atoms with Crippen LogP contribution in [-0.2, 0) is 5.41 Å². The Labute approximate surface area is 325 Å². The van der Waals surface area contributed by atoms with Crippen LogP contribution in [0.1, 0.15) is 25.0 Å². The average molecular weight is 720 g/mol. The van der Waals surface area contributed by atoms with E-state index in [0.717, 1.165) is 5.69 Å². The Bertz CT molecular complexity index is 3130. The van der Waals surface area contributed by atoms with Gasteiger partial charge in [-0.3, -0.25) is 0 Å². The summed E-state index contributed by atoms with van der Waals surface area (Å²) in [6.07, 6.45) is 0. The van der Waals surface area contributed by atoms with Crippen molar-refractivity contribution < 1.29 is 0 Å². The molecule has 1 heterocycles. The second-order valence-electron chi connectivity index (χ2n) is 15.3. The van der Waals surface area contributed by atoms with E-state index in [0.29, 0.717) is 0 Å². The van der Waals surface area contributed by atoms with Crippen molar-refractivity contribution in [3.63, 3.8) is 0 Å². The smallest absolute Gasteiger partial charge is 0.0640 e. The van der Waals surface area contributed by atoms with Crippen molar-refractivity contribution in [2.24, 2.45) is 0 Å². The SMILES string of the molecule is CC1(C)c2ccccc2-c2ccc(N(c3ccc(-c4ccc5cccc(-c6ccc7ccccc7c6)c5c4)cc3)c3cccc4c3sc3ccccc34)cc21. The summed E-state index contributed by atoms with van der Waals surface area (Å²) in [6, 6.07) is 69.7. The lowest BCUT2D eigenvalue weighted by Gasteiger charge is -2.28.